The van der Waals surface area contributed by atoms with E-state index in [4.69, 9.17) is 0 Å². The second-order valence-electron chi connectivity index (χ2n) is 3.06. The average molecular weight is 239 g/mol. The van der Waals surface area contributed by atoms with E-state index < -0.39 is 0 Å². The number of halogens is 1. The van der Waals surface area contributed by atoms with Gasteiger partial charge in [0, 0.05) is 22.1 Å². The minimum absolute atomic E-state index is 0.929. The Hall–Kier alpha value is -0.830. The minimum atomic E-state index is 0.929. The number of aromatic nitrogens is 2. The number of nitrogens with zero attached hydrogens (tertiary/aromatic N) is 2. The molecule has 0 aliphatic carbocycles. The largest absolute Gasteiger partial charge is 0.269 e. The highest BCUT2D eigenvalue weighted by atomic mass is 79.9. The molecule has 2 aromatic rings. The molecule has 1 heterocycles. The summed E-state index contributed by atoms with van der Waals surface area (Å²) in [5.41, 5.74) is 2.31. The first-order valence-corrected chi connectivity index (χ1v) is 5.14. The highest BCUT2D eigenvalue weighted by molar-refractivity contribution is 9.10. The van der Waals surface area contributed by atoms with Crippen molar-refractivity contribution in [2.45, 2.75) is 20.4 Å². The van der Waals surface area contributed by atoms with Gasteiger partial charge in [0.15, 0.2) is 0 Å². The third-order valence-electron chi connectivity index (χ3n) is 2.26. The lowest BCUT2D eigenvalue weighted by Gasteiger charge is -1.96. The van der Waals surface area contributed by atoms with E-state index in [2.05, 4.69) is 40.9 Å². The summed E-state index contributed by atoms with van der Waals surface area (Å²) < 4.78 is 3.13. The number of hydrogen-bond acceptors (Lipinski definition) is 1. The van der Waals surface area contributed by atoms with Crippen LogP contribution in [0.25, 0.3) is 10.9 Å². The van der Waals surface area contributed by atoms with Crippen LogP contribution in [0.4, 0.5) is 0 Å². The van der Waals surface area contributed by atoms with E-state index in [-0.39, 0.29) is 0 Å². The highest BCUT2D eigenvalue weighted by Crippen LogP contribution is 2.21. The van der Waals surface area contributed by atoms with E-state index in [9.17, 15) is 0 Å². The summed E-state index contributed by atoms with van der Waals surface area (Å²) >= 11 is 3.46. The number of aryl methyl sites for hydroxylation is 2. The van der Waals surface area contributed by atoms with Crippen LogP contribution in [0.2, 0.25) is 0 Å². The maximum absolute atomic E-state index is 4.47. The molecule has 0 unspecified atom stereocenters. The van der Waals surface area contributed by atoms with Gasteiger partial charge < -0.3 is 0 Å². The smallest absolute Gasteiger partial charge is 0.0926 e. The second kappa shape index (κ2) is 3.14. The van der Waals surface area contributed by atoms with Gasteiger partial charge in [0.1, 0.15) is 0 Å². The van der Waals surface area contributed by atoms with Crippen molar-refractivity contribution < 1.29 is 0 Å². The average Bonchev–Trinajstić information content (AvgIpc) is 2.44. The Labute approximate surface area is 85.7 Å². The predicted molar refractivity (Wildman–Crippen MR) is 57.8 cm³/mol. The van der Waals surface area contributed by atoms with Crippen LogP contribution in [0.5, 0.6) is 0 Å². The van der Waals surface area contributed by atoms with Crippen molar-refractivity contribution in [2.75, 3.05) is 0 Å². The van der Waals surface area contributed by atoms with Gasteiger partial charge >= 0.3 is 0 Å². The van der Waals surface area contributed by atoms with E-state index in [1.165, 1.54) is 11.1 Å². The van der Waals surface area contributed by atoms with Gasteiger partial charge in [0.2, 0.25) is 0 Å². The zero-order chi connectivity index (χ0) is 9.42. The van der Waals surface area contributed by atoms with Crippen LogP contribution in [0.15, 0.2) is 22.7 Å². The van der Waals surface area contributed by atoms with Gasteiger partial charge in [-0.25, -0.2) is 0 Å². The molecule has 0 spiro atoms. The first kappa shape index (κ1) is 8.75. The van der Waals surface area contributed by atoms with Crippen molar-refractivity contribution in [2.24, 2.45) is 0 Å². The summed E-state index contributed by atoms with van der Waals surface area (Å²) in [7, 11) is 0. The molecule has 3 heteroatoms. The molecule has 0 bridgehead atoms. The van der Waals surface area contributed by atoms with Gasteiger partial charge in [-0.2, -0.15) is 5.10 Å². The molecular formula is C10H11BrN2. The standard InChI is InChI=1S/C10H11BrN2/c1-3-13-7(2)9-6-8(11)4-5-10(9)12-13/h4-6H,3H2,1-2H3. The van der Waals surface area contributed by atoms with Crippen LogP contribution in [0, 0.1) is 6.92 Å². The zero-order valence-electron chi connectivity index (χ0n) is 7.71. The van der Waals surface area contributed by atoms with Crippen molar-refractivity contribution in [3.63, 3.8) is 0 Å². The Morgan fingerprint density at radius 1 is 1.46 bits per heavy atom. The van der Waals surface area contributed by atoms with Gasteiger partial charge in [0.25, 0.3) is 0 Å². The van der Waals surface area contributed by atoms with Gasteiger partial charge in [-0.05, 0) is 32.0 Å². The maximum Gasteiger partial charge on any atom is 0.0926 e. The molecule has 0 amide bonds. The third kappa shape index (κ3) is 1.37. The summed E-state index contributed by atoms with van der Waals surface area (Å²) in [5.74, 6) is 0. The van der Waals surface area contributed by atoms with E-state index in [0.29, 0.717) is 0 Å². The lowest BCUT2D eigenvalue weighted by atomic mass is 10.2. The van der Waals surface area contributed by atoms with Gasteiger partial charge in [0.05, 0.1) is 5.52 Å². The van der Waals surface area contributed by atoms with Gasteiger partial charge in [-0.1, -0.05) is 15.9 Å². The quantitative estimate of drug-likeness (QED) is 0.747. The number of hydrogen-bond donors (Lipinski definition) is 0. The summed E-state index contributed by atoms with van der Waals surface area (Å²) in [6, 6.07) is 6.18. The molecule has 1 aromatic carbocycles. The lowest BCUT2D eigenvalue weighted by molar-refractivity contribution is 0.647. The maximum atomic E-state index is 4.47. The molecule has 0 N–H and O–H groups in total. The second-order valence-corrected chi connectivity index (χ2v) is 3.98. The molecule has 0 fully saturated rings. The van der Waals surface area contributed by atoms with Gasteiger partial charge in [-0.3, -0.25) is 4.68 Å². The molecule has 0 aliphatic heterocycles. The summed E-state index contributed by atoms with van der Waals surface area (Å²) in [4.78, 5) is 0. The molecule has 0 saturated carbocycles. The first-order valence-electron chi connectivity index (χ1n) is 4.35. The Bertz CT molecular complexity index is 445. The Kier molecular flexibility index (Phi) is 2.12. The fraction of sp³-hybridized carbons (Fsp3) is 0.300. The summed E-state index contributed by atoms with van der Waals surface area (Å²) in [5, 5.41) is 5.70. The predicted octanol–water partition coefficient (Wildman–Crippen LogP) is 3.13. The monoisotopic (exact) mass is 238 g/mol. The van der Waals surface area contributed by atoms with E-state index in [1.807, 2.05) is 16.8 Å². The molecule has 1 aromatic heterocycles. The SMILES string of the molecule is CCn1nc2ccc(Br)cc2c1C. The molecule has 2 nitrogen and oxygen atoms in total. The van der Waals surface area contributed by atoms with Crippen LogP contribution in [0.1, 0.15) is 12.6 Å². The Morgan fingerprint density at radius 3 is 2.92 bits per heavy atom. The lowest BCUT2D eigenvalue weighted by Crippen LogP contribution is -1.97. The van der Waals surface area contributed by atoms with Crippen LogP contribution in [0.3, 0.4) is 0 Å². The van der Waals surface area contributed by atoms with Crippen molar-refractivity contribution >= 4 is 26.8 Å². The molecule has 0 radical (unpaired) electrons. The molecule has 2 rings (SSSR count). The zero-order valence-corrected chi connectivity index (χ0v) is 9.30. The van der Waals surface area contributed by atoms with Crippen LogP contribution in [-0.2, 0) is 6.54 Å². The minimum Gasteiger partial charge on any atom is -0.269 e. The molecule has 0 atom stereocenters. The molecule has 13 heavy (non-hydrogen) atoms. The van der Waals surface area contributed by atoms with Crippen LogP contribution < -0.4 is 0 Å². The molecule has 0 saturated heterocycles. The molecular weight excluding hydrogens is 228 g/mol. The number of rotatable bonds is 1. The first-order chi connectivity index (χ1) is 6.22. The fourth-order valence-electron chi connectivity index (χ4n) is 1.54. The fourth-order valence-corrected chi connectivity index (χ4v) is 1.90. The van der Waals surface area contributed by atoms with Crippen molar-refractivity contribution in [3.8, 4) is 0 Å². The van der Waals surface area contributed by atoms with Gasteiger partial charge in [-0.15, -0.1) is 0 Å². The van der Waals surface area contributed by atoms with E-state index in [0.717, 1.165) is 16.5 Å². The third-order valence-corrected chi connectivity index (χ3v) is 2.76. The van der Waals surface area contributed by atoms with Crippen LogP contribution >= 0.6 is 15.9 Å². The number of benzene rings is 1. The molecule has 68 valence electrons. The summed E-state index contributed by atoms with van der Waals surface area (Å²) in [6.07, 6.45) is 0. The van der Waals surface area contributed by atoms with Crippen molar-refractivity contribution in [1.29, 1.82) is 0 Å². The van der Waals surface area contributed by atoms with Crippen LogP contribution in [-0.4, -0.2) is 9.78 Å². The topological polar surface area (TPSA) is 17.8 Å². The number of fused-ring (bicyclic) bond motifs is 1. The summed E-state index contributed by atoms with van der Waals surface area (Å²) in [6.45, 7) is 5.14. The Morgan fingerprint density at radius 2 is 2.23 bits per heavy atom. The van der Waals surface area contributed by atoms with E-state index in [1.54, 1.807) is 0 Å². The normalized spacial score (nSPS) is 11.0. The van der Waals surface area contributed by atoms with Crippen molar-refractivity contribution in [3.05, 3.63) is 28.4 Å². The Balaban J connectivity index is 2.77. The van der Waals surface area contributed by atoms with Crippen molar-refractivity contribution in [1.82, 2.24) is 9.78 Å². The highest BCUT2D eigenvalue weighted by Gasteiger charge is 2.05. The molecule has 0 aliphatic rings. The van der Waals surface area contributed by atoms with E-state index >= 15 is 0 Å².